The summed E-state index contributed by atoms with van der Waals surface area (Å²) >= 11 is 0. The predicted molar refractivity (Wildman–Crippen MR) is 67.6 cm³/mol. The van der Waals surface area contributed by atoms with E-state index in [0.717, 1.165) is 25.2 Å². The summed E-state index contributed by atoms with van der Waals surface area (Å²) in [5, 5.41) is 3.36. The summed E-state index contributed by atoms with van der Waals surface area (Å²) < 4.78 is 5.00. The van der Waals surface area contributed by atoms with Gasteiger partial charge in [-0.15, -0.1) is 6.58 Å². The highest BCUT2D eigenvalue weighted by atomic mass is 16.5. The molecule has 2 atom stereocenters. The average molecular weight is 237 g/mol. The first kappa shape index (κ1) is 12.6. The fourth-order valence-corrected chi connectivity index (χ4v) is 3.17. The van der Waals surface area contributed by atoms with Gasteiger partial charge >= 0.3 is 5.97 Å². The molecule has 0 radical (unpaired) electrons. The quantitative estimate of drug-likeness (QED) is 0.589. The number of carbonyl (C=O) groups is 1. The van der Waals surface area contributed by atoms with E-state index in [4.69, 9.17) is 4.74 Å². The first-order chi connectivity index (χ1) is 8.22. The summed E-state index contributed by atoms with van der Waals surface area (Å²) in [5.41, 5.74) is -0.450. The van der Waals surface area contributed by atoms with Crippen molar-refractivity contribution in [3.63, 3.8) is 0 Å². The molecule has 2 fully saturated rings. The third kappa shape index (κ3) is 2.71. The molecule has 3 nitrogen and oxygen atoms in total. The normalized spacial score (nSPS) is 33.1. The molecule has 0 saturated heterocycles. The zero-order chi connectivity index (χ0) is 12.3. The van der Waals surface area contributed by atoms with Gasteiger partial charge in [-0.25, -0.2) is 0 Å². The van der Waals surface area contributed by atoms with Crippen LogP contribution in [0.25, 0.3) is 0 Å². The topological polar surface area (TPSA) is 38.3 Å². The fourth-order valence-electron chi connectivity index (χ4n) is 3.17. The highest BCUT2D eigenvalue weighted by Gasteiger charge is 2.46. The number of hydrogen-bond donors (Lipinski definition) is 1. The van der Waals surface area contributed by atoms with Crippen LogP contribution in [0.15, 0.2) is 12.7 Å². The molecule has 0 bridgehead atoms. The van der Waals surface area contributed by atoms with Crippen molar-refractivity contribution in [3.05, 3.63) is 12.7 Å². The summed E-state index contributed by atoms with van der Waals surface area (Å²) in [5.74, 6) is 1.48. The van der Waals surface area contributed by atoms with Crippen LogP contribution < -0.4 is 5.32 Å². The van der Waals surface area contributed by atoms with Crippen LogP contribution in [0.4, 0.5) is 0 Å². The largest absolute Gasteiger partial charge is 0.468 e. The molecule has 96 valence electrons. The van der Waals surface area contributed by atoms with Crippen LogP contribution >= 0.6 is 0 Å². The maximum Gasteiger partial charge on any atom is 0.326 e. The van der Waals surface area contributed by atoms with Crippen molar-refractivity contribution in [2.24, 2.45) is 11.8 Å². The lowest BCUT2D eigenvalue weighted by Gasteiger charge is -2.39. The van der Waals surface area contributed by atoms with Gasteiger partial charge in [0.05, 0.1) is 7.11 Å². The first-order valence-electron chi connectivity index (χ1n) is 6.66. The standard InChI is InChI=1S/C14H23NO2/c1-3-9-15-14(13(16)17-2)8-4-5-12(10-14)11-6-7-11/h3,11-12,15H,1,4-10H2,2H3. The number of rotatable bonds is 5. The Labute approximate surface area is 104 Å². The minimum atomic E-state index is -0.450. The molecule has 17 heavy (non-hydrogen) atoms. The van der Waals surface area contributed by atoms with Crippen molar-refractivity contribution in [3.8, 4) is 0 Å². The zero-order valence-electron chi connectivity index (χ0n) is 10.7. The number of methoxy groups -OCH3 is 1. The highest BCUT2D eigenvalue weighted by molar-refractivity contribution is 5.81. The SMILES string of the molecule is C=CCNC1(C(=O)OC)CCCC(C2CC2)C1. The van der Waals surface area contributed by atoms with Crippen molar-refractivity contribution >= 4 is 5.97 Å². The molecule has 0 aromatic heterocycles. The molecule has 0 heterocycles. The molecule has 2 unspecified atom stereocenters. The molecule has 2 saturated carbocycles. The first-order valence-corrected chi connectivity index (χ1v) is 6.66. The Balaban J connectivity index is 2.07. The highest BCUT2D eigenvalue weighted by Crippen LogP contribution is 2.46. The molecule has 2 aliphatic rings. The molecule has 2 aliphatic carbocycles. The van der Waals surface area contributed by atoms with Crippen LogP contribution in [0.5, 0.6) is 0 Å². The van der Waals surface area contributed by atoms with Gasteiger partial charge in [0, 0.05) is 6.54 Å². The van der Waals surface area contributed by atoms with Gasteiger partial charge in [-0.1, -0.05) is 18.9 Å². The van der Waals surface area contributed by atoms with Gasteiger partial charge in [0.15, 0.2) is 0 Å². The van der Waals surface area contributed by atoms with E-state index in [1.807, 2.05) is 6.08 Å². The summed E-state index contributed by atoms with van der Waals surface area (Å²) in [6.07, 6.45) is 8.76. The third-order valence-corrected chi connectivity index (χ3v) is 4.24. The van der Waals surface area contributed by atoms with E-state index in [-0.39, 0.29) is 5.97 Å². The van der Waals surface area contributed by atoms with E-state index < -0.39 is 5.54 Å². The second kappa shape index (κ2) is 5.21. The molecule has 0 spiro atoms. The van der Waals surface area contributed by atoms with Gasteiger partial charge < -0.3 is 4.74 Å². The lowest BCUT2D eigenvalue weighted by molar-refractivity contribution is -0.151. The van der Waals surface area contributed by atoms with Crippen molar-refractivity contribution in [2.45, 2.75) is 44.1 Å². The van der Waals surface area contributed by atoms with Crippen molar-refractivity contribution in [2.75, 3.05) is 13.7 Å². The maximum absolute atomic E-state index is 12.1. The van der Waals surface area contributed by atoms with E-state index >= 15 is 0 Å². The Morgan fingerprint density at radius 3 is 2.82 bits per heavy atom. The Kier molecular flexibility index (Phi) is 3.87. The van der Waals surface area contributed by atoms with Crippen molar-refractivity contribution in [1.82, 2.24) is 5.32 Å². The van der Waals surface area contributed by atoms with Crippen molar-refractivity contribution < 1.29 is 9.53 Å². The Hall–Kier alpha value is -0.830. The molecule has 0 aromatic carbocycles. The molecular formula is C14H23NO2. The number of nitrogens with one attached hydrogen (secondary N) is 1. The number of hydrogen-bond acceptors (Lipinski definition) is 3. The minimum Gasteiger partial charge on any atom is -0.468 e. The lowest BCUT2D eigenvalue weighted by Crippen LogP contribution is -2.55. The smallest absolute Gasteiger partial charge is 0.326 e. The zero-order valence-corrected chi connectivity index (χ0v) is 10.7. The van der Waals surface area contributed by atoms with Crippen LogP contribution in [0, 0.1) is 11.8 Å². The van der Waals surface area contributed by atoms with Crippen LogP contribution in [-0.2, 0) is 9.53 Å². The van der Waals surface area contributed by atoms with E-state index in [1.165, 1.54) is 26.4 Å². The fraction of sp³-hybridized carbons (Fsp3) is 0.786. The minimum absolute atomic E-state index is 0.0929. The molecule has 0 amide bonds. The summed E-state index contributed by atoms with van der Waals surface area (Å²) in [4.78, 5) is 12.1. The van der Waals surface area contributed by atoms with Gasteiger partial charge in [0.1, 0.15) is 5.54 Å². The van der Waals surface area contributed by atoms with Gasteiger partial charge in [0.2, 0.25) is 0 Å². The lowest BCUT2D eigenvalue weighted by atomic mass is 9.73. The van der Waals surface area contributed by atoms with Gasteiger partial charge in [-0.3, -0.25) is 10.1 Å². The van der Waals surface area contributed by atoms with E-state index in [9.17, 15) is 4.79 Å². The number of esters is 1. The van der Waals surface area contributed by atoms with Crippen LogP contribution in [0.3, 0.4) is 0 Å². The van der Waals surface area contributed by atoms with Gasteiger partial charge in [-0.2, -0.15) is 0 Å². The molecule has 2 rings (SSSR count). The number of carbonyl (C=O) groups excluding carboxylic acids is 1. The number of ether oxygens (including phenoxy) is 1. The van der Waals surface area contributed by atoms with Gasteiger partial charge in [-0.05, 0) is 37.5 Å². The Bertz CT molecular complexity index is 299. The van der Waals surface area contributed by atoms with Gasteiger partial charge in [0.25, 0.3) is 0 Å². The summed E-state index contributed by atoms with van der Waals surface area (Å²) in [6.45, 7) is 4.39. The predicted octanol–water partition coefficient (Wildman–Crippen LogP) is 2.27. The van der Waals surface area contributed by atoms with E-state index in [0.29, 0.717) is 12.5 Å². The van der Waals surface area contributed by atoms with Crippen LogP contribution in [-0.4, -0.2) is 25.2 Å². The molecule has 1 N–H and O–H groups in total. The van der Waals surface area contributed by atoms with Crippen LogP contribution in [0.1, 0.15) is 38.5 Å². The summed E-state index contributed by atoms with van der Waals surface area (Å²) in [6, 6.07) is 0. The second-order valence-corrected chi connectivity index (χ2v) is 5.44. The summed E-state index contributed by atoms with van der Waals surface area (Å²) in [7, 11) is 1.49. The molecule has 3 heteroatoms. The van der Waals surface area contributed by atoms with Crippen molar-refractivity contribution in [1.29, 1.82) is 0 Å². The molecule has 0 aromatic rings. The monoisotopic (exact) mass is 237 g/mol. The van der Waals surface area contributed by atoms with E-state index in [1.54, 1.807) is 0 Å². The molecular weight excluding hydrogens is 214 g/mol. The Morgan fingerprint density at radius 2 is 2.24 bits per heavy atom. The average Bonchev–Trinajstić information content (AvgIpc) is 3.20. The second-order valence-electron chi connectivity index (χ2n) is 5.44. The van der Waals surface area contributed by atoms with Crippen LogP contribution in [0.2, 0.25) is 0 Å². The van der Waals surface area contributed by atoms with E-state index in [2.05, 4.69) is 11.9 Å². The maximum atomic E-state index is 12.1. The third-order valence-electron chi connectivity index (χ3n) is 4.24. The Morgan fingerprint density at radius 1 is 1.47 bits per heavy atom. The molecule has 0 aliphatic heterocycles.